The van der Waals surface area contributed by atoms with Crippen LogP contribution >= 0.6 is 0 Å². The Hall–Kier alpha value is -3.26. The Balaban J connectivity index is 2.26. The predicted molar refractivity (Wildman–Crippen MR) is 76.0 cm³/mol. The zero-order chi connectivity index (χ0) is 15.0. The maximum absolute atomic E-state index is 12.1. The van der Waals surface area contributed by atoms with E-state index in [1.807, 2.05) is 6.07 Å². The molecule has 0 aliphatic heterocycles. The molecule has 0 saturated carbocycles. The average Bonchev–Trinajstić information content (AvgIpc) is 2.51. The molecular formula is C16H9NO4. The lowest BCUT2D eigenvalue weighted by molar-refractivity contribution is 0.400. The number of benzene rings is 2. The molecule has 1 heterocycles. The minimum absolute atomic E-state index is 0.0677. The van der Waals surface area contributed by atoms with Crippen LogP contribution in [0, 0.1) is 11.3 Å². The van der Waals surface area contributed by atoms with Gasteiger partial charge in [0.2, 0.25) is 5.75 Å². The van der Waals surface area contributed by atoms with Crippen LogP contribution < -0.4 is 5.43 Å². The van der Waals surface area contributed by atoms with Crippen LogP contribution in [0.3, 0.4) is 0 Å². The number of fused-ring (bicyclic) bond motifs is 1. The van der Waals surface area contributed by atoms with Crippen molar-refractivity contribution in [1.29, 1.82) is 5.26 Å². The lowest BCUT2D eigenvalue weighted by Gasteiger charge is -2.05. The number of hydrogen-bond acceptors (Lipinski definition) is 5. The van der Waals surface area contributed by atoms with E-state index in [0.717, 1.165) is 0 Å². The van der Waals surface area contributed by atoms with E-state index < -0.39 is 5.75 Å². The molecule has 5 heteroatoms. The molecule has 3 rings (SSSR count). The molecule has 0 fully saturated rings. The third-order valence-electron chi connectivity index (χ3n) is 3.15. The molecule has 0 atom stereocenters. The highest BCUT2D eigenvalue weighted by Gasteiger charge is 2.13. The van der Waals surface area contributed by atoms with Gasteiger partial charge in [-0.3, -0.25) is 4.79 Å². The number of rotatable bonds is 1. The topological polar surface area (TPSA) is 94.5 Å². The van der Waals surface area contributed by atoms with E-state index in [4.69, 9.17) is 9.68 Å². The van der Waals surface area contributed by atoms with Crippen molar-refractivity contribution in [2.75, 3.05) is 0 Å². The Morgan fingerprint density at radius 2 is 1.76 bits per heavy atom. The highest BCUT2D eigenvalue weighted by atomic mass is 16.4. The highest BCUT2D eigenvalue weighted by molar-refractivity contribution is 5.86. The van der Waals surface area contributed by atoms with Crippen LogP contribution in [-0.4, -0.2) is 10.2 Å². The van der Waals surface area contributed by atoms with Gasteiger partial charge in [0, 0.05) is 11.6 Å². The summed E-state index contributed by atoms with van der Waals surface area (Å²) in [6, 6.07) is 12.4. The molecule has 0 spiro atoms. The molecule has 5 nitrogen and oxygen atoms in total. The van der Waals surface area contributed by atoms with Crippen molar-refractivity contribution in [3.05, 3.63) is 58.3 Å². The third-order valence-corrected chi connectivity index (χ3v) is 3.15. The minimum Gasteiger partial charge on any atom is -0.504 e. The summed E-state index contributed by atoms with van der Waals surface area (Å²) in [7, 11) is 0. The maximum atomic E-state index is 12.1. The fraction of sp³-hybridized carbons (Fsp3) is 0. The lowest BCUT2D eigenvalue weighted by atomic mass is 10.1. The molecule has 2 N–H and O–H groups in total. The van der Waals surface area contributed by atoms with E-state index in [9.17, 15) is 15.0 Å². The zero-order valence-electron chi connectivity index (χ0n) is 10.7. The van der Waals surface area contributed by atoms with Gasteiger partial charge in [-0.25, -0.2) is 0 Å². The summed E-state index contributed by atoms with van der Waals surface area (Å²) < 4.78 is 5.52. The molecule has 1 aromatic heterocycles. The number of nitrogens with zero attached hydrogens (tertiary/aromatic N) is 1. The predicted octanol–water partition coefficient (Wildman–Crippen LogP) is 2.74. The molecule has 0 amide bonds. The summed E-state index contributed by atoms with van der Waals surface area (Å²) in [5, 5.41) is 28.3. The summed E-state index contributed by atoms with van der Waals surface area (Å²) in [5.41, 5.74) is 0.686. The zero-order valence-corrected chi connectivity index (χ0v) is 10.7. The van der Waals surface area contributed by atoms with Crippen molar-refractivity contribution in [3.63, 3.8) is 0 Å². The highest BCUT2D eigenvalue weighted by Crippen LogP contribution is 2.34. The van der Waals surface area contributed by atoms with Crippen LogP contribution in [0.15, 0.2) is 51.7 Å². The number of phenols is 2. The van der Waals surface area contributed by atoms with Crippen molar-refractivity contribution in [1.82, 2.24) is 0 Å². The molecular weight excluding hydrogens is 270 g/mol. The number of nitriles is 1. The first-order valence-corrected chi connectivity index (χ1v) is 6.09. The Morgan fingerprint density at radius 3 is 2.43 bits per heavy atom. The Labute approximate surface area is 118 Å². The van der Waals surface area contributed by atoms with Crippen LogP contribution in [0.2, 0.25) is 0 Å². The van der Waals surface area contributed by atoms with Gasteiger partial charge in [-0.1, -0.05) is 0 Å². The van der Waals surface area contributed by atoms with E-state index in [2.05, 4.69) is 0 Å². The molecule has 0 bridgehead atoms. The van der Waals surface area contributed by atoms with Gasteiger partial charge in [0.15, 0.2) is 16.8 Å². The van der Waals surface area contributed by atoms with Gasteiger partial charge >= 0.3 is 0 Å². The maximum Gasteiger partial charge on any atom is 0.201 e. The molecule has 3 aromatic rings. The van der Waals surface area contributed by atoms with Crippen LogP contribution in [0.1, 0.15) is 5.56 Å². The molecule has 102 valence electrons. The molecule has 2 aromatic carbocycles. The third kappa shape index (κ3) is 2.09. The number of aromatic hydroxyl groups is 2. The lowest BCUT2D eigenvalue weighted by Crippen LogP contribution is -2.00. The van der Waals surface area contributed by atoms with Crippen LogP contribution in [0.4, 0.5) is 0 Å². The second-order valence-corrected chi connectivity index (χ2v) is 4.47. The average molecular weight is 279 g/mol. The standard InChI is InChI=1S/C16H9NO4/c17-8-9-1-3-10(4-2-9)14-7-13(19)11-5-6-12(18)15(20)16(11)21-14/h1-7,18,20H. The molecule has 0 unspecified atom stereocenters. The van der Waals surface area contributed by atoms with Gasteiger partial charge < -0.3 is 14.6 Å². The summed E-state index contributed by atoms with van der Waals surface area (Å²) >= 11 is 0. The van der Waals surface area contributed by atoms with Crippen LogP contribution in [0.5, 0.6) is 11.5 Å². The van der Waals surface area contributed by atoms with Gasteiger partial charge in [0.1, 0.15) is 5.76 Å². The van der Waals surface area contributed by atoms with E-state index in [-0.39, 0.29) is 27.9 Å². The van der Waals surface area contributed by atoms with Crippen molar-refractivity contribution in [3.8, 4) is 28.9 Å². The quantitative estimate of drug-likeness (QED) is 0.668. The van der Waals surface area contributed by atoms with Crippen LogP contribution in [-0.2, 0) is 0 Å². The molecule has 0 aliphatic carbocycles. The number of hydrogen-bond donors (Lipinski definition) is 2. The first-order valence-electron chi connectivity index (χ1n) is 6.09. The Morgan fingerprint density at radius 1 is 1.05 bits per heavy atom. The second kappa shape index (κ2) is 4.69. The Bertz CT molecular complexity index is 933. The second-order valence-electron chi connectivity index (χ2n) is 4.47. The first kappa shape index (κ1) is 12.8. The summed E-state index contributed by atoms with van der Waals surface area (Å²) in [5.74, 6) is -0.583. The fourth-order valence-corrected chi connectivity index (χ4v) is 2.05. The normalized spacial score (nSPS) is 10.4. The molecule has 21 heavy (non-hydrogen) atoms. The van der Waals surface area contributed by atoms with E-state index in [0.29, 0.717) is 11.1 Å². The van der Waals surface area contributed by atoms with Gasteiger partial charge in [-0.05, 0) is 36.4 Å². The molecule has 0 aliphatic rings. The summed E-state index contributed by atoms with van der Waals surface area (Å²) in [6.45, 7) is 0. The summed E-state index contributed by atoms with van der Waals surface area (Å²) in [4.78, 5) is 12.1. The SMILES string of the molecule is N#Cc1ccc(-c2cc(=O)c3ccc(O)c(O)c3o2)cc1. The van der Waals surface area contributed by atoms with Gasteiger partial charge in [-0.2, -0.15) is 5.26 Å². The molecule has 0 radical (unpaired) electrons. The largest absolute Gasteiger partial charge is 0.504 e. The first-order chi connectivity index (χ1) is 10.1. The van der Waals surface area contributed by atoms with E-state index in [1.54, 1.807) is 24.3 Å². The van der Waals surface area contributed by atoms with Crippen LogP contribution in [0.25, 0.3) is 22.3 Å². The van der Waals surface area contributed by atoms with Crippen molar-refractivity contribution in [2.24, 2.45) is 0 Å². The Kier molecular flexibility index (Phi) is 2.85. The van der Waals surface area contributed by atoms with E-state index >= 15 is 0 Å². The monoisotopic (exact) mass is 279 g/mol. The van der Waals surface area contributed by atoms with Crippen molar-refractivity contribution in [2.45, 2.75) is 0 Å². The fourth-order valence-electron chi connectivity index (χ4n) is 2.05. The van der Waals surface area contributed by atoms with Gasteiger partial charge in [0.05, 0.1) is 17.0 Å². The van der Waals surface area contributed by atoms with Crippen molar-refractivity contribution < 1.29 is 14.6 Å². The summed E-state index contributed by atoms with van der Waals surface area (Å²) in [6.07, 6.45) is 0. The van der Waals surface area contributed by atoms with Crippen molar-refractivity contribution >= 4 is 11.0 Å². The van der Waals surface area contributed by atoms with E-state index in [1.165, 1.54) is 18.2 Å². The minimum atomic E-state index is -0.472. The number of phenolic OH excluding ortho intramolecular Hbond substituents is 2. The van der Waals surface area contributed by atoms with Gasteiger partial charge in [0.25, 0.3) is 0 Å². The smallest absolute Gasteiger partial charge is 0.201 e. The molecule has 0 saturated heterocycles. The van der Waals surface area contributed by atoms with Gasteiger partial charge in [-0.15, -0.1) is 0 Å².